The lowest BCUT2D eigenvalue weighted by Crippen LogP contribution is -2.27. The number of carbonyl (C=O) groups excluding carboxylic acids is 1. The number of para-hydroxylation sites is 1. The Morgan fingerprint density at radius 2 is 1.92 bits per heavy atom. The molecule has 5 nitrogen and oxygen atoms in total. The van der Waals surface area contributed by atoms with Crippen LogP contribution in [0, 0.1) is 6.92 Å². The predicted octanol–water partition coefficient (Wildman–Crippen LogP) is 3.39. The van der Waals surface area contributed by atoms with Crippen LogP contribution in [0.15, 0.2) is 42.5 Å². The van der Waals surface area contributed by atoms with Crippen LogP contribution >= 0.6 is 0 Å². The summed E-state index contributed by atoms with van der Waals surface area (Å²) in [6.45, 7) is 2.56. The van der Waals surface area contributed by atoms with Gasteiger partial charge >= 0.3 is 0 Å². The third-order valence-corrected chi connectivity index (χ3v) is 4.57. The van der Waals surface area contributed by atoms with Gasteiger partial charge in [0.2, 0.25) is 5.91 Å². The monoisotopic (exact) mass is 352 g/mol. The number of carbonyl (C=O) groups is 1. The van der Waals surface area contributed by atoms with E-state index in [-0.39, 0.29) is 5.91 Å². The molecule has 0 radical (unpaired) electrons. The second-order valence-electron chi connectivity index (χ2n) is 6.23. The van der Waals surface area contributed by atoms with Gasteiger partial charge in [-0.3, -0.25) is 4.79 Å². The van der Waals surface area contributed by atoms with Gasteiger partial charge in [0.1, 0.15) is 11.5 Å². The normalized spacial score (nSPS) is 10.7. The zero-order valence-electron chi connectivity index (χ0n) is 15.4. The van der Waals surface area contributed by atoms with E-state index in [4.69, 9.17) is 9.47 Å². The molecule has 0 saturated heterocycles. The largest absolute Gasteiger partial charge is 0.497 e. The highest BCUT2D eigenvalue weighted by Crippen LogP contribution is 2.26. The van der Waals surface area contributed by atoms with Gasteiger partial charge in [-0.05, 0) is 48.7 Å². The topological polar surface area (TPSA) is 63.4 Å². The van der Waals surface area contributed by atoms with Crippen LogP contribution in [-0.4, -0.2) is 31.7 Å². The summed E-state index contributed by atoms with van der Waals surface area (Å²) in [6, 6.07) is 13.7. The fourth-order valence-electron chi connectivity index (χ4n) is 3.19. The molecule has 0 spiro atoms. The van der Waals surface area contributed by atoms with Crippen LogP contribution in [0.3, 0.4) is 0 Å². The van der Waals surface area contributed by atoms with Crippen molar-refractivity contribution in [1.82, 2.24) is 10.3 Å². The molecule has 1 heterocycles. The van der Waals surface area contributed by atoms with Gasteiger partial charge in [-0.15, -0.1) is 0 Å². The average Bonchev–Trinajstić information content (AvgIpc) is 2.96. The number of fused-ring (bicyclic) bond motifs is 1. The molecule has 0 unspecified atom stereocenters. The summed E-state index contributed by atoms with van der Waals surface area (Å²) in [4.78, 5) is 15.7. The third kappa shape index (κ3) is 3.82. The van der Waals surface area contributed by atoms with Gasteiger partial charge in [0.25, 0.3) is 0 Å². The number of aromatic nitrogens is 1. The molecule has 136 valence electrons. The summed E-state index contributed by atoms with van der Waals surface area (Å²) in [7, 11) is 3.30. The second-order valence-corrected chi connectivity index (χ2v) is 6.23. The van der Waals surface area contributed by atoms with Gasteiger partial charge in [0, 0.05) is 23.1 Å². The number of methoxy groups -OCH3 is 2. The number of ether oxygens (including phenoxy) is 2. The number of aromatic amines is 1. The van der Waals surface area contributed by atoms with E-state index >= 15 is 0 Å². The Bertz CT molecular complexity index is 915. The molecule has 2 N–H and O–H groups in total. The number of benzene rings is 2. The standard InChI is InChI=1S/C21H24N2O3/c1-14-17(18-12-16(25-2)8-9-19(18)23-14)13-21(24)22-11-10-15-6-4-5-7-20(15)26-3/h4-9,12,23H,10-11,13H2,1-3H3,(H,22,24). The van der Waals surface area contributed by atoms with Crippen LogP contribution in [-0.2, 0) is 17.6 Å². The van der Waals surface area contributed by atoms with E-state index in [2.05, 4.69) is 10.3 Å². The summed E-state index contributed by atoms with van der Waals surface area (Å²) in [5, 5.41) is 4.03. The van der Waals surface area contributed by atoms with Gasteiger partial charge in [-0.25, -0.2) is 0 Å². The van der Waals surface area contributed by atoms with E-state index in [9.17, 15) is 4.79 Å². The minimum absolute atomic E-state index is 0.00622. The molecule has 3 aromatic rings. The van der Waals surface area contributed by atoms with E-state index in [1.807, 2.05) is 49.4 Å². The quantitative estimate of drug-likeness (QED) is 0.685. The minimum Gasteiger partial charge on any atom is -0.497 e. The van der Waals surface area contributed by atoms with Crippen LogP contribution in [0.5, 0.6) is 11.5 Å². The Balaban J connectivity index is 1.65. The molecule has 0 aliphatic rings. The van der Waals surface area contributed by atoms with E-state index in [1.54, 1.807) is 14.2 Å². The summed E-state index contributed by atoms with van der Waals surface area (Å²) >= 11 is 0. The molecule has 1 amide bonds. The summed E-state index contributed by atoms with van der Waals surface area (Å²) in [6.07, 6.45) is 1.07. The van der Waals surface area contributed by atoms with Crippen LogP contribution in [0.2, 0.25) is 0 Å². The summed E-state index contributed by atoms with van der Waals surface area (Å²) in [5.74, 6) is 1.64. The molecule has 1 aromatic heterocycles. The average molecular weight is 352 g/mol. The second kappa shape index (κ2) is 7.95. The number of hydrogen-bond donors (Lipinski definition) is 2. The van der Waals surface area contributed by atoms with Crippen molar-refractivity contribution in [2.45, 2.75) is 19.8 Å². The number of hydrogen-bond acceptors (Lipinski definition) is 3. The first-order chi connectivity index (χ1) is 12.6. The van der Waals surface area contributed by atoms with Crippen molar-refractivity contribution in [3.05, 3.63) is 59.3 Å². The lowest BCUT2D eigenvalue weighted by Gasteiger charge is -2.09. The number of amides is 1. The number of H-pyrrole nitrogens is 1. The maximum atomic E-state index is 12.4. The molecule has 0 bridgehead atoms. The van der Waals surface area contributed by atoms with Crippen molar-refractivity contribution in [3.8, 4) is 11.5 Å². The fourth-order valence-corrected chi connectivity index (χ4v) is 3.19. The Hall–Kier alpha value is -2.95. The lowest BCUT2D eigenvalue weighted by atomic mass is 10.1. The molecule has 0 atom stereocenters. The van der Waals surface area contributed by atoms with Crippen LogP contribution in [0.1, 0.15) is 16.8 Å². The van der Waals surface area contributed by atoms with E-state index < -0.39 is 0 Å². The van der Waals surface area contributed by atoms with E-state index in [0.717, 1.165) is 45.6 Å². The van der Waals surface area contributed by atoms with Crippen molar-refractivity contribution in [3.63, 3.8) is 0 Å². The minimum atomic E-state index is 0.00622. The molecule has 0 fully saturated rings. The van der Waals surface area contributed by atoms with Crippen molar-refractivity contribution < 1.29 is 14.3 Å². The molecule has 0 aliphatic heterocycles. The molecule has 0 aliphatic carbocycles. The zero-order valence-corrected chi connectivity index (χ0v) is 15.4. The van der Waals surface area contributed by atoms with E-state index in [0.29, 0.717) is 13.0 Å². The van der Waals surface area contributed by atoms with Gasteiger partial charge in [-0.2, -0.15) is 0 Å². The third-order valence-electron chi connectivity index (χ3n) is 4.57. The fraction of sp³-hybridized carbons (Fsp3) is 0.286. The number of nitrogens with one attached hydrogen (secondary N) is 2. The molecule has 0 saturated carbocycles. The summed E-state index contributed by atoms with van der Waals surface area (Å²) in [5.41, 5.74) is 4.12. The Morgan fingerprint density at radius 1 is 1.12 bits per heavy atom. The highest BCUT2D eigenvalue weighted by Gasteiger charge is 2.13. The van der Waals surface area contributed by atoms with Crippen LogP contribution in [0.25, 0.3) is 10.9 Å². The van der Waals surface area contributed by atoms with Gasteiger partial charge < -0.3 is 19.8 Å². The summed E-state index contributed by atoms with van der Waals surface area (Å²) < 4.78 is 10.6. The first-order valence-electron chi connectivity index (χ1n) is 8.66. The first kappa shape index (κ1) is 17.9. The highest BCUT2D eigenvalue weighted by molar-refractivity contribution is 5.91. The Labute approximate surface area is 153 Å². The van der Waals surface area contributed by atoms with Crippen LogP contribution in [0.4, 0.5) is 0 Å². The Kier molecular flexibility index (Phi) is 5.46. The molecule has 2 aromatic carbocycles. The van der Waals surface area contributed by atoms with Crippen molar-refractivity contribution in [2.75, 3.05) is 20.8 Å². The maximum absolute atomic E-state index is 12.4. The molecule has 3 rings (SSSR count). The SMILES string of the molecule is COc1ccc2[nH]c(C)c(CC(=O)NCCc3ccccc3OC)c2c1. The van der Waals surface area contributed by atoms with Crippen molar-refractivity contribution in [1.29, 1.82) is 0 Å². The highest BCUT2D eigenvalue weighted by atomic mass is 16.5. The lowest BCUT2D eigenvalue weighted by molar-refractivity contribution is -0.120. The van der Waals surface area contributed by atoms with Crippen molar-refractivity contribution in [2.24, 2.45) is 0 Å². The maximum Gasteiger partial charge on any atom is 0.224 e. The predicted molar refractivity (Wildman–Crippen MR) is 103 cm³/mol. The smallest absolute Gasteiger partial charge is 0.224 e. The number of aryl methyl sites for hydroxylation is 1. The van der Waals surface area contributed by atoms with E-state index in [1.165, 1.54) is 0 Å². The van der Waals surface area contributed by atoms with Gasteiger partial charge in [0.05, 0.1) is 20.6 Å². The molecular weight excluding hydrogens is 328 g/mol. The van der Waals surface area contributed by atoms with Gasteiger partial charge in [-0.1, -0.05) is 18.2 Å². The molecule has 5 heteroatoms. The molecule has 26 heavy (non-hydrogen) atoms. The van der Waals surface area contributed by atoms with Crippen molar-refractivity contribution >= 4 is 16.8 Å². The first-order valence-corrected chi connectivity index (χ1v) is 8.66. The van der Waals surface area contributed by atoms with Crippen LogP contribution < -0.4 is 14.8 Å². The van der Waals surface area contributed by atoms with Gasteiger partial charge in [0.15, 0.2) is 0 Å². The molecular formula is C21H24N2O3. The number of rotatable bonds is 7. The Morgan fingerprint density at radius 3 is 2.69 bits per heavy atom. The zero-order chi connectivity index (χ0) is 18.5.